The van der Waals surface area contributed by atoms with Gasteiger partial charge in [-0.1, -0.05) is 12.1 Å². The maximum Gasteiger partial charge on any atom is 0.190 e. The minimum atomic E-state index is 0.826. The van der Waals surface area contributed by atoms with Gasteiger partial charge in [0.25, 0.3) is 0 Å². The minimum Gasteiger partial charge on any atom is -0.361 e. The summed E-state index contributed by atoms with van der Waals surface area (Å²) in [5.41, 5.74) is 3.88. The Balaban J connectivity index is 2.09. The third kappa shape index (κ3) is 2.47. The van der Waals surface area contributed by atoms with Crippen LogP contribution in [0.3, 0.4) is 0 Å². The quantitative estimate of drug-likeness (QED) is 0.570. The summed E-state index contributed by atoms with van der Waals surface area (Å²) >= 11 is 0. The summed E-state index contributed by atoms with van der Waals surface area (Å²) in [6.45, 7) is 3.02. The van der Waals surface area contributed by atoms with Gasteiger partial charge in [-0.05, 0) is 30.5 Å². The lowest BCUT2D eigenvalue weighted by Crippen LogP contribution is -2.35. The van der Waals surface area contributed by atoms with Crippen LogP contribution in [0, 0.1) is 6.92 Å². The Morgan fingerprint density at radius 2 is 2.22 bits per heavy atom. The summed E-state index contributed by atoms with van der Waals surface area (Å²) in [4.78, 5) is 7.41. The number of aromatic amines is 1. The molecular weight excluding hydrogens is 224 g/mol. The second kappa shape index (κ2) is 5.58. The number of rotatable bonds is 3. The van der Waals surface area contributed by atoms with Gasteiger partial charge in [-0.25, -0.2) is 0 Å². The van der Waals surface area contributed by atoms with Crippen LogP contribution in [0.5, 0.6) is 0 Å². The zero-order valence-electron chi connectivity index (χ0n) is 11.2. The Labute approximate surface area is 108 Å². The molecule has 1 heterocycles. The molecule has 0 unspecified atom stereocenters. The molecule has 4 heteroatoms. The van der Waals surface area contributed by atoms with Crippen LogP contribution in [0.2, 0.25) is 0 Å². The van der Waals surface area contributed by atoms with E-state index in [1.807, 2.05) is 7.05 Å². The lowest BCUT2D eigenvalue weighted by molar-refractivity contribution is 0.837. The maximum absolute atomic E-state index is 4.09. The average molecular weight is 244 g/mol. The molecule has 3 N–H and O–H groups in total. The van der Waals surface area contributed by atoms with Crippen molar-refractivity contribution in [2.24, 2.45) is 4.99 Å². The largest absolute Gasteiger partial charge is 0.361 e. The third-order valence-electron chi connectivity index (χ3n) is 3.14. The van der Waals surface area contributed by atoms with Crippen LogP contribution >= 0.6 is 0 Å². The molecule has 0 aliphatic rings. The van der Waals surface area contributed by atoms with Crippen LogP contribution in [0.1, 0.15) is 11.1 Å². The number of aliphatic imine (C=N–C) groups is 1. The molecule has 0 radical (unpaired) electrons. The highest BCUT2D eigenvalue weighted by Gasteiger charge is 2.05. The fourth-order valence-corrected chi connectivity index (χ4v) is 2.24. The molecule has 0 aliphatic carbocycles. The Morgan fingerprint density at radius 3 is 2.94 bits per heavy atom. The lowest BCUT2D eigenvalue weighted by atomic mass is 10.1. The van der Waals surface area contributed by atoms with Crippen molar-refractivity contribution in [3.63, 3.8) is 0 Å². The van der Waals surface area contributed by atoms with Crippen molar-refractivity contribution >= 4 is 16.9 Å². The van der Waals surface area contributed by atoms with Gasteiger partial charge in [0.05, 0.1) is 0 Å². The van der Waals surface area contributed by atoms with Crippen molar-refractivity contribution in [2.75, 3.05) is 20.6 Å². The standard InChI is InChI=1S/C14H20N4/c1-10-5-4-6-12-13(10)11(9-18-12)7-8-17-14(15-2)16-3/h4-6,9,18H,7-8H2,1-3H3,(H2,15,16,17). The van der Waals surface area contributed by atoms with Crippen molar-refractivity contribution in [3.8, 4) is 0 Å². The van der Waals surface area contributed by atoms with Gasteiger partial charge in [0.1, 0.15) is 0 Å². The average Bonchev–Trinajstić information content (AvgIpc) is 2.79. The topological polar surface area (TPSA) is 52.2 Å². The van der Waals surface area contributed by atoms with Gasteiger partial charge in [-0.15, -0.1) is 0 Å². The van der Waals surface area contributed by atoms with Crippen LogP contribution < -0.4 is 10.6 Å². The van der Waals surface area contributed by atoms with Crippen LogP contribution in [-0.2, 0) is 6.42 Å². The summed E-state index contributed by atoms with van der Waals surface area (Å²) in [5.74, 6) is 0.826. The molecule has 0 bridgehead atoms. The van der Waals surface area contributed by atoms with E-state index in [0.29, 0.717) is 0 Å². The molecule has 0 spiro atoms. The molecule has 0 atom stereocenters. The van der Waals surface area contributed by atoms with E-state index in [1.165, 1.54) is 22.0 Å². The third-order valence-corrected chi connectivity index (χ3v) is 3.14. The molecule has 4 nitrogen and oxygen atoms in total. The van der Waals surface area contributed by atoms with E-state index < -0.39 is 0 Å². The summed E-state index contributed by atoms with van der Waals surface area (Å²) in [6, 6.07) is 6.35. The number of aryl methyl sites for hydroxylation is 1. The first kappa shape index (κ1) is 12.5. The van der Waals surface area contributed by atoms with Gasteiger partial charge in [0.15, 0.2) is 5.96 Å². The van der Waals surface area contributed by atoms with Gasteiger partial charge >= 0.3 is 0 Å². The van der Waals surface area contributed by atoms with Gasteiger partial charge in [0.2, 0.25) is 0 Å². The first-order valence-corrected chi connectivity index (χ1v) is 6.20. The Morgan fingerprint density at radius 1 is 1.39 bits per heavy atom. The summed E-state index contributed by atoms with van der Waals surface area (Å²) in [6.07, 6.45) is 3.08. The Hall–Kier alpha value is -1.97. The van der Waals surface area contributed by atoms with Crippen molar-refractivity contribution in [2.45, 2.75) is 13.3 Å². The number of H-pyrrole nitrogens is 1. The number of nitrogens with one attached hydrogen (secondary N) is 3. The van der Waals surface area contributed by atoms with Crippen LogP contribution in [0.4, 0.5) is 0 Å². The number of guanidine groups is 1. The first-order chi connectivity index (χ1) is 8.76. The predicted molar refractivity (Wildman–Crippen MR) is 77.2 cm³/mol. The van der Waals surface area contributed by atoms with E-state index in [4.69, 9.17) is 0 Å². The molecule has 0 amide bonds. The second-order valence-electron chi connectivity index (χ2n) is 4.31. The number of fused-ring (bicyclic) bond motifs is 1. The predicted octanol–water partition coefficient (Wildman–Crippen LogP) is 1.81. The molecule has 0 saturated carbocycles. The SMILES string of the molecule is CN=C(NC)NCCc1c[nH]c2cccc(C)c12. The number of nitrogens with zero attached hydrogens (tertiary/aromatic N) is 1. The Bertz CT molecular complexity index is 554. The van der Waals surface area contributed by atoms with Gasteiger partial charge < -0.3 is 15.6 Å². The highest BCUT2D eigenvalue weighted by molar-refractivity contribution is 5.86. The monoisotopic (exact) mass is 244 g/mol. The van der Waals surface area contributed by atoms with Crippen LogP contribution in [0.25, 0.3) is 10.9 Å². The molecule has 0 saturated heterocycles. The van der Waals surface area contributed by atoms with Gasteiger partial charge in [-0.3, -0.25) is 4.99 Å². The summed E-state index contributed by atoms with van der Waals surface area (Å²) in [5, 5.41) is 7.62. The minimum absolute atomic E-state index is 0.826. The molecule has 1 aromatic carbocycles. The van der Waals surface area contributed by atoms with E-state index in [-0.39, 0.29) is 0 Å². The normalized spacial score (nSPS) is 11.8. The van der Waals surface area contributed by atoms with Crippen molar-refractivity contribution in [3.05, 3.63) is 35.5 Å². The van der Waals surface area contributed by atoms with Crippen molar-refractivity contribution < 1.29 is 0 Å². The zero-order chi connectivity index (χ0) is 13.0. The molecule has 2 aromatic rings. The molecular formula is C14H20N4. The fourth-order valence-electron chi connectivity index (χ4n) is 2.24. The highest BCUT2D eigenvalue weighted by Crippen LogP contribution is 2.22. The first-order valence-electron chi connectivity index (χ1n) is 6.20. The highest BCUT2D eigenvalue weighted by atomic mass is 15.1. The number of aromatic nitrogens is 1. The molecule has 18 heavy (non-hydrogen) atoms. The van der Waals surface area contributed by atoms with Crippen molar-refractivity contribution in [1.82, 2.24) is 15.6 Å². The summed E-state index contributed by atoms with van der Waals surface area (Å²) < 4.78 is 0. The fraction of sp³-hybridized carbons (Fsp3) is 0.357. The molecule has 1 aromatic heterocycles. The lowest BCUT2D eigenvalue weighted by Gasteiger charge is -2.08. The van der Waals surface area contributed by atoms with E-state index in [1.54, 1.807) is 7.05 Å². The van der Waals surface area contributed by atoms with Crippen LogP contribution in [0.15, 0.2) is 29.4 Å². The second-order valence-corrected chi connectivity index (χ2v) is 4.31. The zero-order valence-corrected chi connectivity index (χ0v) is 11.2. The van der Waals surface area contributed by atoms with E-state index >= 15 is 0 Å². The number of hydrogen-bond acceptors (Lipinski definition) is 1. The molecule has 0 aliphatic heterocycles. The number of hydrogen-bond donors (Lipinski definition) is 3. The van der Waals surface area contributed by atoms with Crippen LogP contribution in [-0.4, -0.2) is 31.6 Å². The van der Waals surface area contributed by atoms with E-state index in [2.05, 4.69) is 51.9 Å². The summed E-state index contributed by atoms with van der Waals surface area (Å²) in [7, 11) is 3.64. The van der Waals surface area contributed by atoms with E-state index in [0.717, 1.165) is 18.9 Å². The van der Waals surface area contributed by atoms with E-state index in [9.17, 15) is 0 Å². The molecule has 0 fully saturated rings. The molecule has 2 rings (SSSR count). The number of benzene rings is 1. The maximum atomic E-state index is 4.09. The smallest absolute Gasteiger partial charge is 0.190 e. The molecule has 96 valence electrons. The van der Waals surface area contributed by atoms with Gasteiger partial charge in [-0.2, -0.15) is 0 Å². The van der Waals surface area contributed by atoms with Crippen molar-refractivity contribution in [1.29, 1.82) is 0 Å². The van der Waals surface area contributed by atoms with Gasteiger partial charge in [0, 0.05) is 37.7 Å². The Kier molecular flexibility index (Phi) is 3.87.